The Morgan fingerprint density at radius 1 is 1.10 bits per heavy atom. The van der Waals surface area contributed by atoms with Crippen molar-refractivity contribution < 1.29 is 23.5 Å². The SMILES string of the molecule is CC(C)(C)OC(=O)NCC1CCC(C(=O)Oc2ccc3ccc(=O)oc3c2)CC1. The standard InChI is InChI=1S/C22H27NO6/c1-22(2,3)29-21(26)23-13-14-4-6-16(7-5-14)20(25)27-17-10-8-15-9-11-19(24)28-18(15)12-17/h8-12,14,16H,4-7,13H2,1-3H3,(H,23,26). The number of hydrogen-bond donors (Lipinski definition) is 1. The summed E-state index contributed by atoms with van der Waals surface area (Å²) in [5, 5.41) is 3.57. The summed E-state index contributed by atoms with van der Waals surface area (Å²) in [5.74, 6) is 0.236. The van der Waals surface area contributed by atoms with Crippen LogP contribution >= 0.6 is 0 Å². The number of carbonyl (C=O) groups is 2. The van der Waals surface area contributed by atoms with Crippen molar-refractivity contribution in [2.75, 3.05) is 6.54 Å². The van der Waals surface area contributed by atoms with E-state index >= 15 is 0 Å². The summed E-state index contributed by atoms with van der Waals surface area (Å²) in [7, 11) is 0. The van der Waals surface area contributed by atoms with Gasteiger partial charge in [0.15, 0.2) is 0 Å². The molecule has 1 aromatic carbocycles. The third-order valence-corrected chi connectivity index (χ3v) is 4.93. The van der Waals surface area contributed by atoms with Crippen molar-refractivity contribution in [2.24, 2.45) is 11.8 Å². The van der Waals surface area contributed by atoms with Gasteiger partial charge in [-0.15, -0.1) is 0 Å². The molecule has 0 spiro atoms. The molecule has 7 heteroatoms. The van der Waals surface area contributed by atoms with Crippen LogP contribution in [0.1, 0.15) is 46.5 Å². The number of nitrogens with one attached hydrogen (secondary N) is 1. The van der Waals surface area contributed by atoms with Crippen molar-refractivity contribution in [1.29, 1.82) is 0 Å². The van der Waals surface area contributed by atoms with E-state index in [9.17, 15) is 14.4 Å². The van der Waals surface area contributed by atoms with Crippen molar-refractivity contribution in [3.63, 3.8) is 0 Å². The summed E-state index contributed by atoms with van der Waals surface area (Å²) in [6.07, 6.45) is 2.68. The van der Waals surface area contributed by atoms with E-state index in [-0.39, 0.29) is 11.9 Å². The average Bonchev–Trinajstić information content (AvgIpc) is 2.65. The first kappa shape index (κ1) is 20.9. The molecule has 1 amide bonds. The van der Waals surface area contributed by atoms with Gasteiger partial charge in [-0.05, 0) is 70.6 Å². The zero-order chi connectivity index (χ0) is 21.0. The van der Waals surface area contributed by atoms with Gasteiger partial charge in [0.1, 0.15) is 16.9 Å². The lowest BCUT2D eigenvalue weighted by atomic mass is 9.82. The number of alkyl carbamates (subject to hydrolysis) is 1. The number of ether oxygens (including phenoxy) is 2. The number of hydrogen-bond acceptors (Lipinski definition) is 6. The van der Waals surface area contributed by atoms with Gasteiger partial charge in [0, 0.05) is 24.1 Å². The van der Waals surface area contributed by atoms with Crippen molar-refractivity contribution in [2.45, 2.75) is 52.1 Å². The topological polar surface area (TPSA) is 94.8 Å². The summed E-state index contributed by atoms with van der Waals surface area (Å²) < 4.78 is 15.9. The number of esters is 1. The van der Waals surface area contributed by atoms with Crippen LogP contribution in [0.2, 0.25) is 0 Å². The molecule has 0 aliphatic heterocycles. The number of fused-ring (bicyclic) bond motifs is 1. The van der Waals surface area contributed by atoms with Gasteiger partial charge in [-0.1, -0.05) is 0 Å². The second kappa shape index (κ2) is 8.68. The lowest BCUT2D eigenvalue weighted by Gasteiger charge is -2.28. The van der Waals surface area contributed by atoms with Gasteiger partial charge in [0.25, 0.3) is 0 Å². The summed E-state index contributed by atoms with van der Waals surface area (Å²) >= 11 is 0. The fourth-order valence-corrected chi connectivity index (χ4v) is 3.45. The molecular weight excluding hydrogens is 374 g/mol. The summed E-state index contributed by atoms with van der Waals surface area (Å²) in [6, 6.07) is 8.02. The molecule has 0 saturated heterocycles. The number of carbonyl (C=O) groups excluding carboxylic acids is 2. The zero-order valence-electron chi connectivity index (χ0n) is 17.0. The van der Waals surface area contributed by atoms with Gasteiger partial charge in [0.2, 0.25) is 0 Å². The molecule has 29 heavy (non-hydrogen) atoms. The molecule has 1 heterocycles. The molecule has 7 nitrogen and oxygen atoms in total. The van der Waals surface area contributed by atoms with Gasteiger partial charge in [-0.25, -0.2) is 9.59 Å². The third-order valence-electron chi connectivity index (χ3n) is 4.93. The molecule has 1 N–H and O–H groups in total. The predicted octanol–water partition coefficient (Wildman–Crippen LogP) is 4.03. The molecule has 1 aliphatic carbocycles. The van der Waals surface area contributed by atoms with Crippen molar-refractivity contribution in [3.05, 3.63) is 40.8 Å². The summed E-state index contributed by atoms with van der Waals surface area (Å²) in [6.45, 7) is 6.02. The van der Waals surface area contributed by atoms with Gasteiger partial charge in [0.05, 0.1) is 5.92 Å². The summed E-state index contributed by atoms with van der Waals surface area (Å²) in [4.78, 5) is 35.6. The van der Waals surface area contributed by atoms with E-state index < -0.39 is 17.3 Å². The smallest absolute Gasteiger partial charge is 0.407 e. The van der Waals surface area contributed by atoms with Crippen molar-refractivity contribution in [3.8, 4) is 5.75 Å². The van der Waals surface area contributed by atoms with Crippen LogP contribution < -0.4 is 15.7 Å². The van der Waals surface area contributed by atoms with E-state index in [4.69, 9.17) is 13.9 Å². The third kappa shape index (κ3) is 6.07. The molecular formula is C22H27NO6. The zero-order valence-corrected chi connectivity index (χ0v) is 17.0. The Morgan fingerprint density at radius 2 is 1.79 bits per heavy atom. The quantitative estimate of drug-likeness (QED) is 0.472. The molecule has 0 atom stereocenters. The molecule has 1 fully saturated rings. The minimum Gasteiger partial charge on any atom is -0.444 e. The molecule has 1 aliphatic rings. The van der Waals surface area contributed by atoms with E-state index in [0.29, 0.717) is 36.6 Å². The first-order chi connectivity index (χ1) is 13.7. The molecule has 2 aromatic rings. The van der Waals surface area contributed by atoms with Crippen LogP contribution in [-0.4, -0.2) is 24.2 Å². The summed E-state index contributed by atoms with van der Waals surface area (Å²) in [5.41, 5.74) is -0.574. The van der Waals surface area contributed by atoms with Crippen molar-refractivity contribution >= 4 is 23.0 Å². The first-order valence-electron chi connectivity index (χ1n) is 9.92. The number of rotatable bonds is 4. The first-order valence-corrected chi connectivity index (χ1v) is 9.92. The Balaban J connectivity index is 1.47. The maximum absolute atomic E-state index is 12.5. The van der Waals surface area contributed by atoms with Crippen LogP contribution in [0.15, 0.2) is 39.5 Å². The van der Waals surface area contributed by atoms with Crippen LogP contribution in [-0.2, 0) is 9.53 Å². The lowest BCUT2D eigenvalue weighted by Crippen LogP contribution is -2.36. The Kier molecular flexibility index (Phi) is 6.25. The molecule has 0 unspecified atom stereocenters. The molecule has 156 valence electrons. The number of benzene rings is 1. The molecule has 1 saturated carbocycles. The fourth-order valence-electron chi connectivity index (χ4n) is 3.45. The average molecular weight is 401 g/mol. The molecule has 0 radical (unpaired) electrons. The largest absolute Gasteiger partial charge is 0.444 e. The highest BCUT2D eigenvalue weighted by atomic mass is 16.6. The maximum Gasteiger partial charge on any atom is 0.407 e. The van der Waals surface area contributed by atoms with Crippen LogP contribution in [0, 0.1) is 11.8 Å². The normalized spacial score (nSPS) is 19.6. The van der Waals surface area contributed by atoms with Crippen LogP contribution in [0.25, 0.3) is 11.0 Å². The fraction of sp³-hybridized carbons (Fsp3) is 0.500. The molecule has 0 bridgehead atoms. The minimum absolute atomic E-state index is 0.175. The van der Waals surface area contributed by atoms with Gasteiger partial charge < -0.3 is 19.2 Å². The Bertz CT molecular complexity index is 934. The minimum atomic E-state index is -0.517. The highest BCUT2D eigenvalue weighted by Gasteiger charge is 2.28. The Hall–Kier alpha value is -2.83. The van der Waals surface area contributed by atoms with E-state index in [1.54, 1.807) is 24.3 Å². The Labute approximate surface area is 169 Å². The molecule has 1 aromatic heterocycles. The van der Waals surface area contributed by atoms with Gasteiger partial charge in [-0.3, -0.25) is 4.79 Å². The van der Waals surface area contributed by atoms with Crippen molar-refractivity contribution in [1.82, 2.24) is 5.32 Å². The van der Waals surface area contributed by atoms with Gasteiger partial charge in [-0.2, -0.15) is 0 Å². The highest BCUT2D eigenvalue weighted by molar-refractivity contribution is 5.80. The van der Waals surface area contributed by atoms with Crippen LogP contribution in [0.5, 0.6) is 5.75 Å². The van der Waals surface area contributed by atoms with Gasteiger partial charge >= 0.3 is 17.7 Å². The second-order valence-corrected chi connectivity index (χ2v) is 8.48. The van der Waals surface area contributed by atoms with E-state index in [2.05, 4.69) is 5.32 Å². The number of amides is 1. The highest BCUT2D eigenvalue weighted by Crippen LogP contribution is 2.30. The second-order valence-electron chi connectivity index (χ2n) is 8.48. The van der Waals surface area contributed by atoms with E-state index in [1.165, 1.54) is 6.07 Å². The van der Waals surface area contributed by atoms with E-state index in [0.717, 1.165) is 18.2 Å². The maximum atomic E-state index is 12.5. The predicted molar refractivity (Wildman–Crippen MR) is 108 cm³/mol. The Morgan fingerprint density at radius 3 is 2.48 bits per heavy atom. The van der Waals surface area contributed by atoms with E-state index in [1.807, 2.05) is 20.8 Å². The van der Waals surface area contributed by atoms with Crippen LogP contribution in [0.4, 0.5) is 4.79 Å². The monoisotopic (exact) mass is 401 g/mol. The molecule has 3 rings (SSSR count). The lowest BCUT2D eigenvalue weighted by molar-refractivity contribution is -0.140. The van der Waals surface area contributed by atoms with Crippen LogP contribution in [0.3, 0.4) is 0 Å².